The van der Waals surface area contributed by atoms with E-state index in [-0.39, 0.29) is 23.6 Å². The summed E-state index contributed by atoms with van der Waals surface area (Å²) in [5.41, 5.74) is 8.34. The number of primary amides is 1. The lowest BCUT2D eigenvalue weighted by molar-refractivity contribution is -0.133. The molecule has 10 heteroatoms. The summed E-state index contributed by atoms with van der Waals surface area (Å²) in [7, 11) is 0. The van der Waals surface area contributed by atoms with E-state index in [0.717, 1.165) is 44.7 Å². The molecule has 2 aliphatic heterocycles. The van der Waals surface area contributed by atoms with Crippen LogP contribution in [0.2, 0.25) is 0 Å². The number of carbonyl (C=O) groups is 2. The number of nitrogens with zero attached hydrogens (tertiary/aromatic N) is 3. The van der Waals surface area contributed by atoms with Gasteiger partial charge in [-0.2, -0.15) is 0 Å². The number of hydrogen-bond acceptors (Lipinski definition) is 6. The Morgan fingerprint density at radius 2 is 1.76 bits per heavy atom. The molecule has 0 radical (unpaired) electrons. The van der Waals surface area contributed by atoms with Crippen LogP contribution in [0, 0.1) is 0 Å². The number of carbonyl (C=O) groups excluding carboxylic acids is 2. The summed E-state index contributed by atoms with van der Waals surface area (Å²) in [4.78, 5) is 33.3. The minimum atomic E-state index is -1.74. The fourth-order valence-electron chi connectivity index (χ4n) is 5.76. The van der Waals surface area contributed by atoms with Gasteiger partial charge < -0.3 is 21.3 Å². The van der Waals surface area contributed by atoms with E-state index in [0.29, 0.717) is 24.0 Å². The van der Waals surface area contributed by atoms with Crippen LogP contribution in [0.25, 0.3) is 0 Å². The van der Waals surface area contributed by atoms with Gasteiger partial charge in [-0.25, -0.2) is 13.8 Å². The van der Waals surface area contributed by atoms with Crippen molar-refractivity contribution in [3.8, 4) is 0 Å². The van der Waals surface area contributed by atoms with E-state index < -0.39 is 18.3 Å². The zero-order chi connectivity index (χ0) is 28.8. The Kier molecular flexibility index (Phi) is 9.28. The van der Waals surface area contributed by atoms with Crippen LogP contribution in [-0.2, 0) is 4.79 Å². The van der Waals surface area contributed by atoms with Gasteiger partial charge in [-0.15, -0.1) is 0 Å². The summed E-state index contributed by atoms with van der Waals surface area (Å²) in [6.45, 7) is 4.19. The number of allylic oxidation sites excluding steroid dienone is 3. The Morgan fingerprint density at radius 1 is 1.02 bits per heavy atom. The highest BCUT2D eigenvalue weighted by Crippen LogP contribution is 2.30. The third-order valence-corrected chi connectivity index (χ3v) is 8.20. The molecule has 0 bridgehead atoms. The number of hydrogen-bond donors (Lipinski definition) is 3. The molecule has 0 spiro atoms. The lowest BCUT2D eigenvalue weighted by Gasteiger charge is -2.34. The van der Waals surface area contributed by atoms with E-state index in [2.05, 4.69) is 32.7 Å². The number of aromatic nitrogens is 1. The molecule has 3 aliphatic rings. The Labute approximate surface area is 239 Å². The average Bonchev–Trinajstić information content (AvgIpc) is 2.99. The standard InChI is InChI=1S/C31H38F2N6O2/c32-26-6-4-5-23(30(26)33)18-35-27-17-28(36-19-25(27)31(34)41)37-24-9-7-21(8-10-24)22-11-15-39(16-12-22)29(40)20-38-13-2-1-3-14-38/h4-10,17,19,22,26,30H,1-3,11-16,18,20H2,(H2,34,41)(H2,35,36,37). The fraction of sp³-hybridized carbons (Fsp3) is 0.452. The number of anilines is 3. The highest BCUT2D eigenvalue weighted by Gasteiger charge is 2.26. The monoisotopic (exact) mass is 564 g/mol. The summed E-state index contributed by atoms with van der Waals surface area (Å²) in [6.07, 6.45) is 7.63. The number of nitrogens with two attached hydrogens (primary N) is 1. The summed E-state index contributed by atoms with van der Waals surface area (Å²) < 4.78 is 27.9. The van der Waals surface area contributed by atoms with Crippen LogP contribution < -0.4 is 16.4 Å². The number of benzene rings is 1. The lowest BCUT2D eigenvalue weighted by Crippen LogP contribution is -2.45. The average molecular weight is 565 g/mol. The van der Waals surface area contributed by atoms with Gasteiger partial charge in [0.25, 0.3) is 5.91 Å². The van der Waals surface area contributed by atoms with Crippen molar-refractivity contribution < 1.29 is 18.4 Å². The molecule has 2 atom stereocenters. The molecule has 2 unspecified atom stereocenters. The first-order valence-electron chi connectivity index (χ1n) is 14.4. The van der Waals surface area contributed by atoms with Gasteiger partial charge in [0.1, 0.15) is 5.82 Å². The van der Waals surface area contributed by atoms with Crippen molar-refractivity contribution in [1.82, 2.24) is 14.8 Å². The van der Waals surface area contributed by atoms with Crippen molar-refractivity contribution in [2.45, 2.75) is 50.4 Å². The zero-order valence-electron chi connectivity index (χ0n) is 23.2. The molecule has 1 aromatic carbocycles. The van der Waals surface area contributed by atoms with Crippen LogP contribution in [0.5, 0.6) is 0 Å². The second-order valence-electron chi connectivity index (χ2n) is 11.0. The third-order valence-electron chi connectivity index (χ3n) is 8.20. The predicted octanol–water partition coefficient (Wildman–Crippen LogP) is 4.70. The van der Waals surface area contributed by atoms with Crippen molar-refractivity contribution in [1.29, 1.82) is 0 Å². The van der Waals surface area contributed by atoms with E-state index >= 15 is 0 Å². The normalized spacial score (nSPS) is 21.8. The highest BCUT2D eigenvalue weighted by molar-refractivity contribution is 5.98. The second-order valence-corrected chi connectivity index (χ2v) is 11.0. The number of halogens is 2. The first-order valence-corrected chi connectivity index (χ1v) is 14.4. The zero-order valence-corrected chi connectivity index (χ0v) is 23.2. The number of likely N-dealkylation sites (tertiary alicyclic amines) is 2. The SMILES string of the molecule is NC(=O)c1cnc(Nc2ccc(C3CCN(C(=O)CN4CCCCC4)CC3)cc2)cc1NCC1=CC=CC(F)C1F. The number of nitrogens with one attached hydrogen (secondary N) is 2. The summed E-state index contributed by atoms with van der Waals surface area (Å²) in [6, 6.07) is 9.77. The molecule has 2 fully saturated rings. The maximum Gasteiger partial charge on any atom is 0.252 e. The van der Waals surface area contributed by atoms with Crippen molar-refractivity contribution in [3.05, 3.63) is 71.5 Å². The minimum absolute atomic E-state index is 0.0209. The molecule has 2 aromatic rings. The van der Waals surface area contributed by atoms with Crippen LogP contribution in [-0.4, -0.2) is 78.2 Å². The van der Waals surface area contributed by atoms with Gasteiger partial charge in [0.05, 0.1) is 17.8 Å². The van der Waals surface area contributed by atoms with E-state index in [1.54, 1.807) is 6.07 Å². The van der Waals surface area contributed by atoms with E-state index in [1.807, 2.05) is 17.0 Å². The van der Waals surface area contributed by atoms with Crippen LogP contribution in [0.15, 0.2) is 60.3 Å². The summed E-state index contributed by atoms with van der Waals surface area (Å²) in [5, 5.41) is 6.24. The van der Waals surface area contributed by atoms with Gasteiger partial charge in [-0.3, -0.25) is 14.5 Å². The van der Waals surface area contributed by atoms with Crippen LogP contribution in [0.4, 0.5) is 26.0 Å². The molecular formula is C31H38F2N6O2. The molecule has 41 heavy (non-hydrogen) atoms. The number of piperidine rings is 2. The van der Waals surface area contributed by atoms with Crippen LogP contribution in [0.3, 0.4) is 0 Å². The van der Waals surface area contributed by atoms with Gasteiger partial charge in [0.15, 0.2) is 12.3 Å². The number of amides is 2. The van der Waals surface area contributed by atoms with Gasteiger partial charge in [-0.1, -0.05) is 30.7 Å². The number of alkyl halides is 2. The van der Waals surface area contributed by atoms with Gasteiger partial charge in [-0.05, 0) is 74.0 Å². The fourth-order valence-corrected chi connectivity index (χ4v) is 5.76. The van der Waals surface area contributed by atoms with E-state index in [4.69, 9.17) is 5.73 Å². The summed E-state index contributed by atoms with van der Waals surface area (Å²) >= 11 is 0. The third kappa shape index (κ3) is 7.30. The molecule has 4 N–H and O–H groups in total. The topological polar surface area (TPSA) is 104 Å². The Hall–Kier alpha value is -3.79. The van der Waals surface area contributed by atoms with Crippen LogP contribution in [0.1, 0.15) is 53.9 Å². The molecule has 2 amide bonds. The van der Waals surface area contributed by atoms with E-state index in [1.165, 1.54) is 49.3 Å². The molecule has 2 saturated heterocycles. The maximum atomic E-state index is 14.2. The smallest absolute Gasteiger partial charge is 0.252 e. The minimum Gasteiger partial charge on any atom is -0.380 e. The molecule has 5 rings (SSSR count). The van der Waals surface area contributed by atoms with Crippen molar-refractivity contribution in [2.75, 3.05) is 49.9 Å². The summed E-state index contributed by atoms with van der Waals surface area (Å²) in [5.74, 6) is 0.451. The Bertz CT molecular complexity index is 1280. The number of rotatable bonds is 9. The molecule has 1 aromatic heterocycles. The molecular weight excluding hydrogens is 526 g/mol. The molecule has 1 aliphatic carbocycles. The largest absolute Gasteiger partial charge is 0.380 e. The maximum absolute atomic E-state index is 14.2. The Morgan fingerprint density at radius 3 is 2.46 bits per heavy atom. The van der Waals surface area contributed by atoms with Crippen molar-refractivity contribution in [3.63, 3.8) is 0 Å². The second kappa shape index (κ2) is 13.2. The van der Waals surface area contributed by atoms with Crippen molar-refractivity contribution >= 4 is 29.0 Å². The lowest BCUT2D eigenvalue weighted by atomic mass is 9.89. The highest BCUT2D eigenvalue weighted by atomic mass is 19.2. The quantitative estimate of drug-likeness (QED) is 0.408. The first kappa shape index (κ1) is 28.7. The Balaban J connectivity index is 1.16. The molecule has 218 valence electrons. The van der Waals surface area contributed by atoms with Gasteiger partial charge in [0.2, 0.25) is 5.91 Å². The predicted molar refractivity (Wildman–Crippen MR) is 157 cm³/mol. The first-order chi connectivity index (χ1) is 19.9. The molecule has 8 nitrogen and oxygen atoms in total. The van der Waals surface area contributed by atoms with Gasteiger partial charge in [0, 0.05) is 37.6 Å². The number of pyridine rings is 1. The molecule has 3 heterocycles. The van der Waals surface area contributed by atoms with Crippen molar-refractivity contribution in [2.24, 2.45) is 5.73 Å². The van der Waals surface area contributed by atoms with Crippen LogP contribution >= 0.6 is 0 Å². The van der Waals surface area contributed by atoms with Gasteiger partial charge >= 0.3 is 0 Å². The van der Waals surface area contributed by atoms with E-state index in [9.17, 15) is 18.4 Å². The molecule has 0 saturated carbocycles.